The Morgan fingerprint density at radius 2 is 2.40 bits per heavy atom. The Hall–Kier alpha value is -0.415. The third-order valence-electron chi connectivity index (χ3n) is 1.61. The average molecular weight is 143 g/mol. The number of hydrogen-bond donors (Lipinski definition) is 1. The highest BCUT2D eigenvalue weighted by Crippen LogP contribution is 2.22. The van der Waals surface area contributed by atoms with Gasteiger partial charge in [-0.2, -0.15) is 0 Å². The summed E-state index contributed by atoms with van der Waals surface area (Å²) in [5.41, 5.74) is 3.87. The third kappa shape index (κ3) is 1.35. The van der Waals surface area contributed by atoms with E-state index in [9.17, 15) is 9.18 Å². The van der Waals surface area contributed by atoms with Crippen LogP contribution in [0.5, 0.6) is 0 Å². The highest BCUT2D eigenvalue weighted by Gasteiger charge is 2.41. The molecule has 1 aliphatic rings. The number of alkyl halides is 1. The number of nitrogens with two attached hydrogens (primary N) is 1. The van der Waals surface area contributed by atoms with E-state index in [-0.39, 0.29) is 19.6 Å². The maximum atomic E-state index is 12.9. The van der Waals surface area contributed by atoms with Crippen molar-refractivity contribution in [3.63, 3.8) is 0 Å². The second kappa shape index (κ2) is 2.68. The Balaban J connectivity index is 2.22. The molecule has 1 fully saturated rings. The number of halogens is 1. The zero-order chi connectivity index (χ0) is 7.61. The minimum absolute atomic E-state index is 0.0379. The van der Waals surface area contributed by atoms with E-state index in [4.69, 9.17) is 5.73 Å². The SMILES string of the molecule is NCC1(F)CN([B]C=O)C1. The lowest BCUT2D eigenvalue weighted by Gasteiger charge is -2.43. The molecule has 0 aliphatic carbocycles. The minimum Gasteiger partial charge on any atom is -0.334 e. The summed E-state index contributed by atoms with van der Waals surface area (Å²) in [6.07, 6.45) is 0.649. The molecule has 0 unspecified atom stereocenters. The maximum Gasteiger partial charge on any atom is 0.293 e. The topological polar surface area (TPSA) is 46.3 Å². The molecule has 0 aromatic heterocycles. The van der Waals surface area contributed by atoms with Gasteiger partial charge in [0.25, 0.3) is 7.41 Å². The molecule has 3 nitrogen and oxygen atoms in total. The number of hydrogen-bond acceptors (Lipinski definition) is 3. The number of nitrogens with zero attached hydrogens (tertiary/aromatic N) is 1. The smallest absolute Gasteiger partial charge is 0.293 e. The fourth-order valence-electron chi connectivity index (χ4n) is 1.00. The van der Waals surface area contributed by atoms with Crippen LogP contribution in [-0.2, 0) is 4.79 Å². The fraction of sp³-hybridized carbons (Fsp3) is 0.800. The van der Waals surface area contributed by atoms with Gasteiger partial charge in [0.2, 0.25) is 0 Å². The van der Waals surface area contributed by atoms with Crippen molar-refractivity contribution in [3.05, 3.63) is 0 Å². The normalized spacial score (nSPS) is 23.4. The molecule has 0 saturated carbocycles. The summed E-state index contributed by atoms with van der Waals surface area (Å²) in [5.74, 6) is 0. The van der Waals surface area contributed by atoms with E-state index in [0.717, 1.165) is 0 Å². The molecular weight excluding hydrogens is 134 g/mol. The summed E-state index contributed by atoms with van der Waals surface area (Å²) in [6, 6.07) is 0. The molecule has 55 valence electrons. The van der Waals surface area contributed by atoms with Crippen LogP contribution in [0.3, 0.4) is 0 Å². The quantitative estimate of drug-likeness (QED) is 0.397. The Bertz CT molecular complexity index is 138. The van der Waals surface area contributed by atoms with E-state index in [2.05, 4.69) is 0 Å². The predicted molar refractivity (Wildman–Crippen MR) is 37.0 cm³/mol. The van der Waals surface area contributed by atoms with E-state index in [1.54, 1.807) is 4.81 Å². The van der Waals surface area contributed by atoms with Crippen molar-refractivity contribution in [1.29, 1.82) is 0 Å². The molecule has 0 atom stereocenters. The first kappa shape index (κ1) is 7.69. The van der Waals surface area contributed by atoms with Crippen LogP contribution in [0.25, 0.3) is 0 Å². The van der Waals surface area contributed by atoms with Crippen LogP contribution >= 0.6 is 0 Å². The van der Waals surface area contributed by atoms with Gasteiger partial charge < -0.3 is 15.3 Å². The van der Waals surface area contributed by atoms with Gasteiger partial charge in [-0.3, -0.25) is 0 Å². The molecule has 1 heterocycles. The lowest BCUT2D eigenvalue weighted by molar-refractivity contribution is 0.0299. The van der Waals surface area contributed by atoms with Crippen LogP contribution in [0, 0.1) is 0 Å². The third-order valence-corrected chi connectivity index (χ3v) is 1.61. The standard InChI is InChI=1S/C5H9BFN2O/c7-5(1-8)2-9(3-5)6-4-10/h4H,1-3,8H2. The second-order valence-electron chi connectivity index (χ2n) is 2.55. The van der Waals surface area contributed by atoms with Gasteiger partial charge in [0.05, 0.1) is 6.19 Å². The number of carbonyl (C=O) groups is 1. The zero-order valence-electron chi connectivity index (χ0n) is 5.59. The minimum atomic E-state index is -1.25. The first-order valence-electron chi connectivity index (χ1n) is 3.12. The van der Waals surface area contributed by atoms with E-state index in [1.807, 2.05) is 0 Å². The van der Waals surface area contributed by atoms with Crippen LogP contribution < -0.4 is 5.73 Å². The first-order valence-corrected chi connectivity index (χ1v) is 3.12. The molecule has 1 aliphatic heterocycles. The molecule has 0 spiro atoms. The summed E-state index contributed by atoms with van der Waals surface area (Å²) in [4.78, 5) is 11.5. The molecule has 0 aromatic rings. The summed E-state index contributed by atoms with van der Waals surface area (Å²) >= 11 is 0. The van der Waals surface area contributed by atoms with Crippen molar-refractivity contribution in [1.82, 2.24) is 4.81 Å². The summed E-state index contributed by atoms with van der Waals surface area (Å²) in [7, 11) is 1.33. The maximum absolute atomic E-state index is 12.9. The predicted octanol–water partition coefficient (Wildman–Crippen LogP) is -1.22. The van der Waals surface area contributed by atoms with E-state index >= 15 is 0 Å². The summed E-state index contributed by atoms with van der Waals surface area (Å²) in [5, 5.41) is 0. The van der Waals surface area contributed by atoms with Crippen LogP contribution in [-0.4, -0.2) is 43.7 Å². The second-order valence-corrected chi connectivity index (χ2v) is 2.55. The Kier molecular flexibility index (Phi) is 2.06. The van der Waals surface area contributed by atoms with Crippen molar-refractivity contribution in [3.8, 4) is 0 Å². The molecule has 0 bridgehead atoms. The molecule has 1 rings (SSSR count). The highest BCUT2D eigenvalue weighted by atomic mass is 19.1. The molecule has 1 saturated heterocycles. The lowest BCUT2D eigenvalue weighted by Crippen LogP contribution is -2.63. The molecule has 1 radical (unpaired) electrons. The van der Waals surface area contributed by atoms with Crippen LogP contribution in [0.15, 0.2) is 0 Å². The largest absolute Gasteiger partial charge is 0.334 e. The molecule has 2 N–H and O–H groups in total. The van der Waals surface area contributed by atoms with Gasteiger partial charge >= 0.3 is 0 Å². The molecular formula is C5H9BFN2O. The Morgan fingerprint density at radius 3 is 2.80 bits per heavy atom. The van der Waals surface area contributed by atoms with Crippen molar-refractivity contribution in [2.75, 3.05) is 19.6 Å². The summed E-state index contributed by atoms with van der Waals surface area (Å²) in [6.45, 7) is 0.542. The van der Waals surface area contributed by atoms with Gasteiger partial charge in [0, 0.05) is 19.6 Å². The molecule has 0 amide bonds. The van der Waals surface area contributed by atoms with Crippen molar-refractivity contribution < 1.29 is 9.18 Å². The highest BCUT2D eigenvalue weighted by molar-refractivity contribution is 6.64. The van der Waals surface area contributed by atoms with Crippen molar-refractivity contribution in [2.45, 2.75) is 5.67 Å². The van der Waals surface area contributed by atoms with E-state index in [0.29, 0.717) is 6.19 Å². The Labute approximate surface area is 59.6 Å². The summed E-state index contributed by atoms with van der Waals surface area (Å²) < 4.78 is 12.9. The number of rotatable bonds is 3. The van der Waals surface area contributed by atoms with Gasteiger partial charge in [-0.05, 0) is 0 Å². The van der Waals surface area contributed by atoms with Crippen molar-refractivity contribution in [2.24, 2.45) is 5.73 Å². The first-order chi connectivity index (χ1) is 4.70. The zero-order valence-corrected chi connectivity index (χ0v) is 5.59. The molecule has 5 heteroatoms. The number of carbonyl (C=O) groups excluding carboxylic acids is 1. The molecule has 0 aromatic carbocycles. The van der Waals surface area contributed by atoms with Gasteiger partial charge in [-0.15, -0.1) is 0 Å². The van der Waals surface area contributed by atoms with Crippen LogP contribution in [0.1, 0.15) is 0 Å². The average Bonchev–Trinajstić information content (AvgIpc) is 1.85. The van der Waals surface area contributed by atoms with Gasteiger partial charge in [-0.25, -0.2) is 4.39 Å². The van der Waals surface area contributed by atoms with Crippen LogP contribution in [0.4, 0.5) is 4.39 Å². The van der Waals surface area contributed by atoms with Gasteiger partial charge in [0.15, 0.2) is 0 Å². The van der Waals surface area contributed by atoms with Crippen molar-refractivity contribution >= 4 is 13.6 Å². The van der Waals surface area contributed by atoms with Gasteiger partial charge in [0.1, 0.15) is 5.67 Å². The monoisotopic (exact) mass is 143 g/mol. The van der Waals surface area contributed by atoms with Gasteiger partial charge in [-0.1, -0.05) is 0 Å². The fourth-order valence-corrected chi connectivity index (χ4v) is 1.00. The lowest BCUT2D eigenvalue weighted by atomic mass is 9.83. The van der Waals surface area contributed by atoms with E-state index in [1.165, 1.54) is 7.41 Å². The van der Waals surface area contributed by atoms with Crippen LogP contribution in [0.2, 0.25) is 0 Å². The Morgan fingerprint density at radius 1 is 1.80 bits per heavy atom. The van der Waals surface area contributed by atoms with E-state index < -0.39 is 5.67 Å². The molecule has 10 heavy (non-hydrogen) atoms.